The van der Waals surface area contributed by atoms with Crippen molar-refractivity contribution >= 4 is 28.2 Å². The van der Waals surface area contributed by atoms with E-state index in [1.54, 1.807) is 0 Å². The van der Waals surface area contributed by atoms with E-state index < -0.39 is 10.8 Å². The molecule has 1 atom stereocenters. The lowest BCUT2D eigenvalue weighted by atomic mass is 10.3. The summed E-state index contributed by atoms with van der Waals surface area (Å²) in [5, 5.41) is 2.83. The Morgan fingerprint density at radius 1 is 1.36 bits per heavy atom. The van der Waals surface area contributed by atoms with Gasteiger partial charge in [0.25, 0.3) is 0 Å². The molecule has 0 heterocycles. The van der Waals surface area contributed by atoms with Gasteiger partial charge in [-0.25, -0.2) is 4.99 Å². The summed E-state index contributed by atoms with van der Waals surface area (Å²) < 4.78 is 11.7. The fourth-order valence-corrected chi connectivity index (χ4v) is 3.57. The molecule has 0 radical (unpaired) electrons. The summed E-state index contributed by atoms with van der Waals surface area (Å²) in [6, 6.07) is 0. The zero-order valence-electron chi connectivity index (χ0n) is 8.41. The number of unbranched alkanes of at least 4 members (excludes halogenated alkanes) is 1. The summed E-state index contributed by atoms with van der Waals surface area (Å²) in [7, 11) is -0.589. The first kappa shape index (κ1) is 12.0. The predicted octanol–water partition coefficient (Wildman–Crippen LogP) is 2.56. The molecule has 0 aromatic rings. The van der Waals surface area contributed by atoms with E-state index in [0.717, 1.165) is 25.1 Å². The van der Waals surface area contributed by atoms with Crippen molar-refractivity contribution < 1.29 is 4.21 Å². The van der Waals surface area contributed by atoms with Crippen molar-refractivity contribution in [3.05, 3.63) is 0 Å². The van der Waals surface area contributed by atoms with Crippen molar-refractivity contribution in [2.75, 3.05) is 12.3 Å². The molecule has 1 fully saturated rings. The number of hydrogen-bond donors (Lipinski definition) is 0. The molecule has 1 aliphatic rings. The van der Waals surface area contributed by atoms with E-state index in [-0.39, 0.29) is 0 Å². The van der Waals surface area contributed by atoms with Crippen LogP contribution >= 0.6 is 12.2 Å². The summed E-state index contributed by atoms with van der Waals surface area (Å²) in [6.45, 7) is 0.741. The predicted molar refractivity (Wildman–Crippen MR) is 64.4 cm³/mol. The van der Waals surface area contributed by atoms with Gasteiger partial charge in [-0.05, 0) is 37.9 Å². The molecular weight excluding hydrogens is 214 g/mol. The Morgan fingerprint density at radius 2 is 2.07 bits per heavy atom. The number of thiocarbonyl (C=S) groups is 1. The van der Waals surface area contributed by atoms with Gasteiger partial charge in [-0.3, -0.25) is 4.21 Å². The fraction of sp³-hybridized carbons (Fsp3) is 0.900. The lowest BCUT2D eigenvalue weighted by molar-refractivity contribution is 0.664. The zero-order valence-corrected chi connectivity index (χ0v) is 10.0. The zero-order chi connectivity index (χ0) is 10.2. The average Bonchev–Trinajstić information content (AvgIpc) is 2.70. The van der Waals surface area contributed by atoms with Crippen LogP contribution < -0.4 is 0 Å². The van der Waals surface area contributed by atoms with Crippen molar-refractivity contribution in [1.82, 2.24) is 0 Å². The fourth-order valence-electron chi connectivity index (χ4n) is 1.80. The number of rotatable bonds is 6. The SMILES string of the molecule is O=[S@](CCCCN=C=S)C1CCCC1. The molecule has 0 saturated heterocycles. The largest absolute Gasteiger partial charge is 0.259 e. The molecule has 4 heteroatoms. The maximum atomic E-state index is 11.7. The van der Waals surface area contributed by atoms with E-state index in [0.29, 0.717) is 5.25 Å². The van der Waals surface area contributed by atoms with E-state index >= 15 is 0 Å². The number of hydrogen-bond acceptors (Lipinski definition) is 3. The van der Waals surface area contributed by atoms with E-state index in [1.807, 2.05) is 0 Å². The number of aliphatic imine (C=N–C) groups is 1. The second-order valence-corrected chi connectivity index (χ2v) is 5.69. The van der Waals surface area contributed by atoms with E-state index in [1.165, 1.54) is 25.7 Å². The van der Waals surface area contributed by atoms with Crippen LogP contribution in [0, 0.1) is 0 Å². The van der Waals surface area contributed by atoms with Crippen LogP contribution in [0.15, 0.2) is 4.99 Å². The Balaban J connectivity index is 2.05. The minimum Gasteiger partial charge on any atom is -0.259 e. The molecule has 1 saturated carbocycles. The summed E-state index contributed by atoms with van der Waals surface area (Å²) >= 11 is 4.46. The van der Waals surface area contributed by atoms with Crippen LogP contribution in [-0.4, -0.2) is 26.9 Å². The Kier molecular flexibility index (Phi) is 6.24. The monoisotopic (exact) mass is 231 g/mol. The minimum atomic E-state index is -0.589. The summed E-state index contributed by atoms with van der Waals surface area (Å²) in [5.41, 5.74) is 0. The van der Waals surface area contributed by atoms with Crippen molar-refractivity contribution in [1.29, 1.82) is 0 Å². The second-order valence-electron chi connectivity index (χ2n) is 3.67. The third-order valence-corrected chi connectivity index (χ3v) is 4.64. The standard InChI is InChI=1S/C10H17NOS2/c12-14(10-5-1-2-6-10)8-4-3-7-11-9-13/h10H,1-8H2/t14-/m1/s1. The molecule has 1 aliphatic carbocycles. The van der Waals surface area contributed by atoms with Crippen LogP contribution in [0.1, 0.15) is 38.5 Å². The van der Waals surface area contributed by atoms with Crippen LogP contribution in [-0.2, 0) is 10.8 Å². The van der Waals surface area contributed by atoms with Gasteiger partial charge in [0, 0.05) is 28.3 Å². The van der Waals surface area contributed by atoms with Crippen molar-refractivity contribution in [3.63, 3.8) is 0 Å². The van der Waals surface area contributed by atoms with Gasteiger partial charge in [-0.1, -0.05) is 12.8 Å². The van der Waals surface area contributed by atoms with Crippen LogP contribution in [0.5, 0.6) is 0 Å². The molecule has 14 heavy (non-hydrogen) atoms. The lowest BCUT2D eigenvalue weighted by Gasteiger charge is -2.07. The highest BCUT2D eigenvalue weighted by molar-refractivity contribution is 7.85. The Hall–Kier alpha value is -0.0500. The van der Waals surface area contributed by atoms with Gasteiger partial charge in [-0.2, -0.15) is 0 Å². The molecule has 0 unspecified atom stereocenters. The van der Waals surface area contributed by atoms with Gasteiger partial charge in [0.1, 0.15) is 0 Å². The van der Waals surface area contributed by atoms with Crippen LogP contribution in [0.2, 0.25) is 0 Å². The highest BCUT2D eigenvalue weighted by atomic mass is 32.2. The Morgan fingerprint density at radius 3 is 2.71 bits per heavy atom. The molecule has 0 aliphatic heterocycles. The van der Waals surface area contributed by atoms with E-state index in [2.05, 4.69) is 22.4 Å². The normalized spacial score (nSPS) is 19.1. The van der Waals surface area contributed by atoms with Crippen molar-refractivity contribution in [2.45, 2.75) is 43.8 Å². The van der Waals surface area contributed by atoms with Gasteiger partial charge in [0.15, 0.2) is 0 Å². The number of isothiocyanates is 1. The topological polar surface area (TPSA) is 29.4 Å². The summed E-state index contributed by atoms with van der Waals surface area (Å²) in [4.78, 5) is 3.83. The molecule has 0 spiro atoms. The van der Waals surface area contributed by atoms with Crippen LogP contribution in [0.3, 0.4) is 0 Å². The molecule has 80 valence electrons. The quantitative estimate of drug-likeness (QED) is 0.399. The molecule has 0 N–H and O–H groups in total. The minimum absolute atomic E-state index is 0.490. The molecule has 1 rings (SSSR count). The molecular formula is C10H17NOS2. The maximum Gasteiger partial charge on any atom is 0.0584 e. The van der Waals surface area contributed by atoms with E-state index in [9.17, 15) is 4.21 Å². The highest BCUT2D eigenvalue weighted by Crippen LogP contribution is 2.23. The summed E-state index contributed by atoms with van der Waals surface area (Å²) in [6.07, 6.45) is 6.87. The van der Waals surface area contributed by atoms with Gasteiger partial charge in [-0.15, -0.1) is 0 Å². The lowest BCUT2D eigenvalue weighted by Crippen LogP contribution is -2.13. The molecule has 0 aromatic heterocycles. The van der Waals surface area contributed by atoms with Gasteiger partial charge in [0.05, 0.1) is 5.16 Å². The third-order valence-electron chi connectivity index (χ3n) is 2.60. The first-order valence-corrected chi connectivity index (χ1v) is 7.04. The molecule has 2 nitrogen and oxygen atoms in total. The average molecular weight is 231 g/mol. The molecule has 0 amide bonds. The first-order valence-electron chi connectivity index (χ1n) is 5.25. The third kappa shape index (κ3) is 4.45. The Labute approximate surface area is 93.6 Å². The highest BCUT2D eigenvalue weighted by Gasteiger charge is 2.20. The smallest absolute Gasteiger partial charge is 0.0584 e. The molecule has 0 bridgehead atoms. The Bertz CT molecular complexity index is 230. The molecule has 0 aromatic carbocycles. The van der Waals surface area contributed by atoms with Gasteiger partial charge in [0.2, 0.25) is 0 Å². The van der Waals surface area contributed by atoms with Gasteiger partial charge >= 0.3 is 0 Å². The van der Waals surface area contributed by atoms with Crippen LogP contribution in [0.4, 0.5) is 0 Å². The van der Waals surface area contributed by atoms with E-state index in [4.69, 9.17) is 0 Å². The summed E-state index contributed by atoms with van der Waals surface area (Å²) in [5.74, 6) is 0.845. The number of nitrogens with zero attached hydrogens (tertiary/aromatic N) is 1. The van der Waals surface area contributed by atoms with Crippen molar-refractivity contribution in [2.24, 2.45) is 4.99 Å². The second kappa shape index (κ2) is 7.27. The van der Waals surface area contributed by atoms with Crippen LogP contribution in [0.25, 0.3) is 0 Å². The first-order chi connectivity index (χ1) is 6.84. The maximum absolute atomic E-state index is 11.7. The van der Waals surface area contributed by atoms with Gasteiger partial charge < -0.3 is 0 Å². The van der Waals surface area contributed by atoms with Crippen molar-refractivity contribution in [3.8, 4) is 0 Å².